The van der Waals surface area contributed by atoms with E-state index in [-0.39, 0.29) is 11.5 Å². The molecule has 2 rings (SSSR count). The quantitative estimate of drug-likeness (QED) is 0.870. The molecule has 1 unspecified atom stereocenters. The fourth-order valence-electron chi connectivity index (χ4n) is 2.58. The fraction of sp³-hybridized carbons (Fsp3) is 0.600. The van der Waals surface area contributed by atoms with Gasteiger partial charge < -0.3 is 15.2 Å². The second-order valence-corrected chi connectivity index (χ2v) is 5.76. The average Bonchev–Trinajstić information content (AvgIpc) is 2.44. The Bertz CT molecular complexity index is 510. The van der Waals surface area contributed by atoms with Crippen molar-refractivity contribution in [2.45, 2.75) is 32.7 Å². The van der Waals surface area contributed by atoms with E-state index in [9.17, 15) is 9.59 Å². The molecule has 1 saturated heterocycles. The summed E-state index contributed by atoms with van der Waals surface area (Å²) in [6, 6.07) is 3.51. The Morgan fingerprint density at radius 2 is 2.35 bits per heavy atom. The maximum atomic E-state index is 12.4. The molecule has 0 spiro atoms. The number of nitrogens with zero attached hydrogens (tertiary/aromatic N) is 1. The first-order chi connectivity index (χ1) is 9.56. The predicted octanol–water partition coefficient (Wildman–Crippen LogP) is 1.23. The van der Waals surface area contributed by atoms with Gasteiger partial charge in [-0.2, -0.15) is 0 Å². The molecule has 5 heteroatoms. The van der Waals surface area contributed by atoms with E-state index in [4.69, 9.17) is 0 Å². The second-order valence-electron chi connectivity index (χ2n) is 5.76. The second kappa shape index (κ2) is 6.70. The van der Waals surface area contributed by atoms with Crippen LogP contribution < -0.4 is 10.9 Å². The van der Waals surface area contributed by atoms with Crippen molar-refractivity contribution in [1.29, 1.82) is 0 Å². The minimum Gasteiger partial charge on any atom is -0.338 e. The van der Waals surface area contributed by atoms with Gasteiger partial charge in [-0.05, 0) is 31.4 Å². The van der Waals surface area contributed by atoms with Crippen LogP contribution in [-0.4, -0.2) is 41.5 Å². The number of carbonyl (C=O) groups is 1. The normalized spacial score (nSPS) is 19.4. The molecule has 0 aromatic carbocycles. The highest BCUT2D eigenvalue weighted by Gasteiger charge is 2.24. The van der Waals surface area contributed by atoms with Crippen molar-refractivity contribution in [2.24, 2.45) is 5.92 Å². The van der Waals surface area contributed by atoms with Gasteiger partial charge in [-0.25, -0.2) is 0 Å². The summed E-state index contributed by atoms with van der Waals surface area (Å²) in [5.74, 6) is 0.461. The molecule has 1 aliphatic heterocycles. The van der Waals surface area contributed by atoms with Crippen molar-refractivity contribution in [3.05, 3.63) is 34.2 Å². The molecule has 2 heterocycles. The van der Waals surface area contributed by atoms with Crippen LogP contribution in [0.4, 0.5) is 0 Å². The zero-order chi connectivity index (χ0) is 14.5. The van der Waals surface area contributed by atoms with Crippen LogP contribution in [0.25, 0.3) is 0 Å². The van der Waals surface area contributed by atoms with Gasteiger partial charge in [0.2, 0.25) is 5.56 Å². The molecule has 2 N–H and O–H groups in total. The first-order valence-corrected chi connectivity index (χ1v) is 7.27. The molecule has 0 bridgehead atoms. The van der Waals surface area contributed by atoms with Crippen LogP contribution in [0.5, 0.6) is 0 Å². The minimum atomic E-state index is -0.231. The number of amides is 1. The van der Waals surface area contributed by atoms with Crippen LogP contribution >= 0.6 is 0 Å². The van der Waals surface area contributed by atoms with Crippen LogP contribution in [0.15, 0.2) is 23.1 Å². The van der Waals surface area contributed by atoms with E-state index in [0.29, 0.717) is 17.5 Å². The largest absolute Gasteiger partial charge is 0.338 e. The summed E-state index contributed by atoms with van der Waals surface area (Å²) < 4.78 is 0. The summed E-state index contributed by atoms with van der Waals surface area (Å²) in [5, 5.41) is 3.43. The number of aromatic amines is 1. The van der Waals surface area contributed by atoms with Gasteiger partial charge in [-0.15, -0.1) is 0 Å². The summed E-state index contributed by atoms with van der Waals surface area (Å²) in [6.07, 6.45) is 3.70. The lowest BCUT2D eigenvalue weighted by atomic mass is 9.97. The molecule has 1 atom stereocenters. The molecule has 1 amide bonds. The maximum absolute atomic E-state index is 12.4. The number of hydrogen-bond acceptors (Lipinski definition) is 3. The smallest absolute Gasteiger partial charge is 0.254 e. The molecule has 1 aromatic heterocycles. The number of rotatable bonds is 4. The van der Waals surface area contributed by atoms with Gasteiger partial charge in [-0.3, -0.25) is 9.59 Å². The van der Waals surface area contributed by atoms with E-state index >= 15 is 0 Å². The molecule has 20 heavy (non-hydrogen) atoms. The highest BCUT2D eigenvalue weighted by molar-refractivity contribution is 5.94. The van der Waals surface area contributed by atoms with E-state index in [1.54, 1.807) is 6.07 Å². The van der Waals surface area contributed by atoms with Crippen molar-refractivity contribution in [1.82, 2.24) is 15.2 Å². The Labute approximate surface area is 119 Å². The monoisotopic (exact) mass is 277 g/mol. The zero-order valence-electron chi connectivity index (χ0n) is 12.2. The van der Waals surface area contributed by atoms with Crippen LogP contribution in [0.2, 0.25) is 0 Å². The van der Waals surface area contributed by atoms with E-state index < -0.39 is 0 Å². The lowest BCUT2D eigenvalue weighted by Gasteiger charge is -2.33. The van der Waals surface area contributed by atoms with E-state index in [2.05, 4.69) is 24.1 Å². The van der Waals surface area contributed by atoms with Gasteiger partial charge in [0.05, 0.1) is 0 Å². The third kappa shape index (κ3) is 3.93. The molecule has 1 fully saturated rings. The van der Waals surface area contributed by atoms with Crippen molar-refractivity contribution >= 4 is 5.91 Å². The lowest BCUT2D eigenvalue weighted by Crippen LogP contribution is -2.43. The van der Waals surface area contributed by atoms with Crippen molar-refractivity contribution < 1.29 is 4.79 Å². The number of H-pyrrole nitrogens is 1. The summed E-state index contributed by atoms with van der Waals surface area (Å²) in [4.78, 5) is 28.1. The standard InChI is InChI=1S/C15H23N3O2/c1-11(2)17-9-12-4-3-7-18(10-12)15(20)13-5-6-16-14(19)8-13/h5-6,8,11-12,17H,3-4,7,9-10H2,1-2H3,(H,16,19). The van der Waals surface area contributed by atoms with Crippen LogP contribution in [0.3, 0.4) is 0 Å². The Hall–Kier alpha value is -1.62. The van der Waals surface area contributed by atoms with Crippen LogP contribution in [0.1, 0.15) is 37.0 Å². The summed E-state index contributed by atoms with van der Waals surface area (Å²) >= 11 is 0. The molecule has 5 nitrogen and oxygen atoms in total. The third-order valence-electron chi connectivity index (χ3n) is 3.64. The first-order valence-electron chi connectivity index (χ1n) is 7.27. The average molecular weight is 277 g/mol. The molecule has 110 valence electrons. The van der Waals surface area contributed by atoms with Gasteiger partial charge >= 0.3 is 0 Å². The Morgan fingerprint density at radius 3 is 3.05 bits per heavy atom. The minimum absolute atomic E-state index is 0.0367. The molecular formula is C15H23N3O2. The number of hydrogen-bond donors (Lipinski definition) is 2. The van der Waals surface area contributed by atoms with Gasteiger partial charge in [0.15, 0.2) is 0 Å². The number of likely N-dealkylation sites (tertiary alicyclic amines) is 1. The highest BCUT2D eigenvalue weighted by atomic mass is 16.2. The molecule has 1 aromatic rings. The Morgan fingerprint density at radius 1 is 1.55 bits per heavy atom. The summed E-state index contributed by atoms with van der Waals surface area (Å²) in [6.45, 7) is 6.75. The fourth-order valence-corrected chi connectivity index (χ4v) is 2.58. The van der Waals surface area contributed by atoms with Crippen LogP contribution in [-0.2, 0) is 0 Å². The highest BCUT2D eigenvalue weighted by Crippen LogP contribution is 2.17. The SMILES string of the molecule is CC(C)NCC1CCCN(C(=O)c2cc[nH]c(=O)c2)C1. The zero-order valence-corrected chi connectivity index (χ0v) is 12.2. The van der Waals surface area contributed by atoms with Crippen molar-refractivity contribution in [2.75, 3.05) is 19.6 Å². The van der Waals surface area contributed by atoms with Crippen molar-refractivity contribution in [3.8, 4) is 0 Å². The number of pyridine rings is 1. The molecule has 0 saturated carbocycles. The van der Waals surface area contributed by atoms with E-state index in [1.807, 2.05) is 4.90 Å². The van der Waals surface area contributed by atoms with Gasteiger partial charge in [0.25, 0.3) is 5.91 Å². The number of piperidine rings is 1. The van der Waals surface area contributed by atoms with Gasteiger partial charge in [-0.1, -0.05) is 13.8 Å². The molecule has 0 radical (unpaired) electrons. The van der Waals surface area contributed by atoms with Crippen LogP contribution in [0, 0.1) is 5.92 Å². The third-order valence-corrected chi connectivity index (χ3v) is 3.64. The summed E-state index contributed by atoms with van der Waals surface area (Å²) in [7, 11) is 0. The topological polar surface area (TPSA) is 65.2 Å². The number of aromatic nitrogens is 1. The Balaban J connectivity index is 1.98. The first kappa shape index (κ1) is 14.8. The molecular weight excluding hydrogens is 254 g/mol. The van der Waals surface area contributed by atoms with E-state index in [1.165, 1.54) is 12.3 Å². The predicted molar refractivity (Wildman–Crippen MR) is 78.8 cm³/mol. The maximum Gasteiger partial charge on any atom is 0.254 e. The van der Waals surface area contributed by atoms with Crippen molar-refractivity contribution in [3.63, 3.8) is 0 Å². The number of carbonyl (C=O) groups excluding carboxylic acids is 1. The van der Waals surface area contributed by atoms with E-state index in [0.717, 1.165) is 32.5 Å². The lowest BCUT2D eigenvalue weighted by molar-refractivity contribution is 0.0672. The summed E-state index contributed by atoms with van der Waals surface area (Å²) in [5.41, 5.74) is 0.247. The van der Waals surface area contributed by atoms with Gasteiger partial charge in [0, 0.05) is 37.0 Å². The molecule has 0 aliphatic carbocycles. The number of nitrogens with one attached hydrogen (secondary N) is 2. The van der Waals surface area contributed by atoms with Gasteiger partial charge in [0.1, 0.15) is 0 Å². The molecule has 1 aliphatic rings. The Kier molecular flexibility index (Phi) is 4.95.